The second-order valence-electron chi connectivity index (χ2n) is 3.84. The van der Waals surface area contributed by atoms with Gasteiger partial charge in [-0.15, -0.1) is 0 Å². The van der Waals surface area contributed by atoms with Crippen LogP contribution in [0, 0.1) is 0 Å². The lowest BCUT2D eigenvalue weighted by molar-refractivity contribution is 0.0780. The molecule has 1 heterocycles. The first-order valence-corrected chi connectivity index (χ1v) is 6.10. The fraction of sp³-hybridized carbons (Fsp3) is 0.154. The minimum Gasteiger partial charge on any atom is -0.357 e. The number of rotatable bonds is 3. The highest BCUT2D eigenvalue weighted by molar-refractivity contribution is 9.10. The van der Waals surface area contributed by atoms with E-state index in [0.29, 0.717) is 12.2 Å². The summed E-state index contributed by atoms with van der Waals surface area (Å²) in [5.41, 5.74) is 1.70. The average molecular weight is 293 g/mol. The molecule has 4 heteroatoms. The predicted molar refractivity (Wildman–Crippen MR) is 70.7 cm³/mol. The third-order valence-corrected chi connectivity index (χ3v) is 3.31. The molecule has 1 aromatic heterocycles. The van der Waals surface area contributed by atoms with E-state index in [1.54, 1.807) is 24.2 Å². The molecular weight excluding hydrogens is 280 g/mol. The van der Waals surface area contributed by atoms with Gasteiger partial charge < -0.3 is 9.88 Å². The van der Waals surface area contributed by atoms with E-state index < -0.39 is 0 Å². The lowest BCUT2D eigenvalue weighted by Gasteiger charge is -2.17. The zero-order valence-electron chi connectivity index (χ0n) is 9.48. The standard InChI is InChI=1S/C13H13BrN2O/c1-16(13(17)12-7-4-8-15-12)9-10-5-2-3-6-11(10)14/h2-8,15H,9H2,1H3. The van der Waals surface area contributed by atoms with E-state index in [1.807, 2.05) is 30.3 Å². The lowest BCUT2D eigenvalue weighted by atomic mass is 10.2. The second-order valence-corrected chi connectivity index (χ2v) is 4.69. The zero-order chi connectivity index (χ0) is 12.3. The number of H-pyrrole nitrogens is 1. The summed E-state index contributed by atoms with van der Waals surface area (Å²) in [6.07, 6.45) is 1.75. The van der Waals surface area contributed by atoms with Crippen LogP contribution in [-0.4, -0.2) is 22.8 Å². The summed E-state index contributed by atoms with van der Waals surface area (Å²) in [5.74, 6) is -0.00856. The fourth-order valence-corrected chi connectivity index (χ4v) is 2.03. The van der Waals surface area contributed by atoms with Gasteiger partial charge in [-0.25, -0.2) is 0 Å². The van der Waals surface area contributed by atoms with Crippen molar-refractivity contribution in [2.75, 3.05) is 7.05 Å². The third kappa shape index (κ3) is 2.77. The zero-order valence-corrected chi connectivity index (χ0v) is 11.1. The Balaban J connectivity index is 2.10. The molecule has 0 fully saturated rings. The van der Waals surface area contributed by atoms with Crippen LogP contribution in [0.15, 0.2) is 47.1 Å². The molecule has 1 aromatic carbocycles. The van der Waals surface area contributed by atoms with Crippen molar-refractivity contribution < 1.29 is 4.79 Å². The predicted octanol–water partition coefficient (Wildman–Crippen LogP) is 3.05. The van der Waals surface area contributed by atoms with Crippen LogP contribution in [0.2, 0.25) is 0 Å². The third-order valence-electron chi connectivity index (χ3n) is 2.54. The molecule has 17 heavy (non-hydrogen) atoms. The highest BCUT2D eigenvalue weighted by Gasteiger charge is 2.13. The quantitative estimate of drug-likeness (QED) is 0.927. The molecule has 0 aliphatic carbocycles. The van der Waals surface area contributed by atoms with Crippen LogP contribution in [0.25, 0.3) is 0 Å². The SMILES string of the molecule is CN(Cc1ccccc1Br)C(=O)c1ccc[nH]1. The summed E-state index contributed by atoms with van der Waals surface area (Å²) in [4.78, 5) is 16.6. The molecule has 1 amide bonds. The molecular formula is C13H13BrN2O. The highest BCUT2D eigenvalue weighted by Crippen LogP contribution is 2.17. The van der Waals surface area contributed by atoms with Crippen molar-refractivity contribution in [3.05, 3.63) is 58.3 Å². The summed E-state index contributed by atoms with van der Waals surface area (Å²) < 4.78 is 1.02. The van der Waals surface area contributed by atoms with Crippen LogP contribution in [0.4, 0.5) is 0 Å². The Morgan fingerprint density at radius 1 is 1.29 bits per heavy atom. The molecule has 0 saturated carbocycles. The van der Waals surface area contributed by atoms with Crippen LogP contribution in [-0.2, 0) is 6.54 Å². The maximum absolute atomic E-state index is 12.0. The van der Waals surface area contributed by atoms with Gasteiger partial charge in [-0.2, -0.15) is 0 Å². The first-order chi connectivity index (χ1) is 8.18. The summed E-state index contributed by atoms with van der Waals surface area (Å²) >= 11 is 3.48. The van der Waals surface area contributed by atoms with Gasteiger partial charge in [-0.3, -0.25) is 4.79 Å². The monoisotopic (exact) mass is 292 g/mol. The molecule has 0 aliphatic rings. The molecule has 2 aromatic rings. The molecule has 3 nitrogen and oxygen atoms in total. The first-order valence-electron chi connectivity index (χ1n) is 5.31. The lowest BCUT2D eigenvalue weighted by Crippen LogP contribution is -2.26. The Labute approximate surface area is 109 Å². The number of amides is 1. The molecule has 0 saturated heterocycles. The van der Waals surface area contributed by atoms with E-state index in [1.165, 1.54) is 0 Å². The van der Waals surface area contributed by atoms with E-state index in [0.717, 1.165) is 10.0 Å². The van der Waals surface area contributed by atoms with Crippen molar-refractivity contribution in [2.45, 2.75) is 6.54 Å². The molecule has 0 unspecified atom stereocenters. The van der Waals surface area contributed by atoms with Gasteiger partial charge in [0.2, 0.25) is 0 Å². The molecule has 0 bridgehead atoms. The number of nitrogens with one attached hydrogen (secondary N) is 1. The summed E-state index contributed by atoms with van der Waals surface area (Å²) in [6.45, 7) is 0.583. The first kappa shape index (κ1) is 11.9. The smallest absolute Gasteiger partial charge is 0.270 e. The number of aromatic amines is 1. The van der Waals surface area contributed by atoms with E-state index in [9.17, 15) is 4.79 Å². The molecule has 2 rings (SSSR count). The van der Waals surface area contributed by atoms with Crippen molar-refractivity contribution in [2.24, 2.45) is 0 Å². The van der Waals surface area contributed by atoms with Gasteiger partial charge in [0, 0.05) is 24.3 Å². The Morgan fingerprint density at radius 3 is 2.71 bits per heavy atom. The Morgan fingerprint density at radius 2 is 2.06 bits per heavy atom. The van der Waals surface area contributed by atoms with Gasteiger partial charge >= 0.3 is 0 Å². The Kier molecular flexibility index (Phi) is 3.64. The Bertz CT molecular complexity index is 508. The topological polar surface area (TPSA) is 36.1 Å². The number of carbonyl (C=O) groups excluding carboxylic acids is 1. The average Bonchev–Trinajstić information content (AvgIpc) is 2.84. The number of halogens is 1. The van der Waals surface area contributed by atoms with Gasteiger partial charge in [0.15, 0.2) is 0 Å². The van der Waals surface area contributed by atoms with Crippen LogP contribution >= 0.6 is 15.9 Å². The van der Waals surface area contributed by atoms with Crippen molar-refractivity contribution in [3.8, 4) is 0 Å². The van der Waals surface area contributed by atoms with Crippen molar-refractivity contribution >= 4 is 21.8 Å². The number of aromatic nitrogens is 1. The number of nitrogens with zero attached hydrogens (tertiary/aromatic N) is 1. The van der Waals surface area contributed by atoms with Crippen molar-refractivity contribution in [1.29, 1.82) is 0 Å². The summed E-state index contributed by atoms with van der Waals surface area (Å²) in [6, 6.07) is 11.5. The number of carbonyl (C=O) groups is 1. The van der Waals surface area contributed by atoms with Crippen molar-refractivity contribution in [3.63, 3.8) is 0 Å². The van der Waals surface area contributed by atoms with E-state index in [4.69, 9.17) is 0 Å². The summed E-state index contributed by atoms with van der Waals surface area (Å²) in [5, 5.41) is 0. The van der Waals surface area contributed by atoms with Gasteiger partial charge in [-0.05, 0) is 23.8 Å². The Hall–Kier alpha value is -1.55. The molecule has 0 spiro atoms. The van der Waals surface area contributed by atoms with Gasteiger partial charge in [-0.1, -0.05) is 34.1 Å². The van der Waals surface area contributed by atoms with Gasteiger partial charge in [0.05, 0.1) is 0 Å². The van der Waals surface area contributed by atoms with Gasteiger partial charge in [0.25, 0.3) is 5.91 Å². The molecule has 0 radical (unpaired) electrons. The van der Waals surface area contributed by atoms with Crippen LogP contribution in [0.3, 0.4) is 0 Å². The minimum absolute atomic E-state index is 0.00856. The number of hydrogen-bond donors (Lipinski definition) is 1. The van der Waals surface area contributed by atoms with Crippen LogP contribution in [0.5, 0.6) is 0 Å². The molecule has 0 atom stereocenters. The maximum Gasteiger partial charge on any atom is 0.270 e. The number of benzene rings is 1. The minimum atomic E-state index is -0.00856. The van der Waals surface area contributed by atoms with Crippen LogP contribution in [0.1, 0.15) is 16.1 Å². The second kappa shape index (κ2) is 5.19. The van der Waals surface area contributed by atoms with E-state index in [-0.39, 0.29) is 5.91 Å². The largest absolute Gasteiger partial charge is 0.357 e. The van der Waals surface area contributed by atoms with E-state index in [2.05, 4.69) is 20.9 Å². The molecule has 88 valence electrons. The van der Waals surface area contributed by atoms with Gasteiger partial charge in [0.1, 0.15) is 5.69 Å². The van der Waals surface area contributed by atoms with E-state index >= 15 is 0 Å². The normalized spacial score (nSPS) is 10.2. The highest BCUT2D eigenvalue weighted by atomic mass is 79.9. The number of hydrogen-bond acceptors (Lipinski definition) is 1. The molecule has 0 aliphatic heterocycles. The maximum atomic E-state index is 12.0. The fourth-order valence-electron chi connectivity index (χ4n) is 1.62. The summed E-state index contributed by atoms with van der Waals surface area (Å²) in [7, 11) is 1.79. The van der Waals surface area contributed by atoms with Crippen molar-refractivity contribution in [1.82, 2.24) is 9.88 Å². The molecule has 1 N–H and O–H groups in total. The van der Waals surface area contributed by atoms with Crippen LogP contribution < -0.4 is 0 Å².